The second-order valence-electron chi connectivity index (χ2n) is 6.71. The van der Waals surface area contributed by atoms with E-state index in [2.05, 4.69) is 10.3 Å². The molecule has 1 heterocycles. The molecule has 12 heteroatoms. The first-order valence-corrected chi connectivity index (χ1v) is 11.4. The van der Waals surface area contributed by atoms with E-state index in [0.29, 0.717) is 12.2 Å². The summed E-state index contributed by atoms with van der Waals surface area (Å²) in [5.41, 5.74) is 0.181. The fraction of sp³-hybridized carbons (Fsp3) is 0.286. The van der Waals surface area contributed by atoms with Gasteiger partial charge in [0, 0.05) is 25.3 Å². The first-order chi connectivity index (χ1) is 15.7. The SMILES string of the molecule is COCCOc1nc(CF)ccc1/C=C/C(=O)NCc1cc(F)c(NS(C)(=O)=O)c(C#N)c1. The molecular formula is C21H22F2N4O5S. The third kappa shape index (κ3) is 8.13. The van der Waals surface area contributed by atoms with Gasteiger partial charge in [0.05, 0.1) is 24.1 Å². The molecule has 0 radical (unpaired) electrons. The number of nitrogens with zero attached hydrogens (tertiary/aromatic N) is 2. The van der Waals surface area contributed by atoms with Crippen LogP contribution in [-0.4, -0.2) is 45.9 Å². The van der Waals surface area contributed by atoms with Crippen molar-refractivity contribution in [1.29, 1.82) is 5.26 Å². The van der Waals surface area contributed by atoms with Gasteiger partial charge in [0.1, 0.15) is 30.9 Å². The zero-order valence-corrected chi connectivity index (χ0v) is 18.7. The molecule has 0 spiro atoms. The van der Waals surface area contributed by atoms with Crippen LogP contribution >= 0.6 is 0 Å². The molecule has 0 fully saturated rings. The van der Waals surface area contributed by atoms with Gasteiger partial charge in [-0.25, -0.2) is 22.2 Å². The number of hydrogen-bond donors (Lipinski definition) is 2. The number of hydrogen-bond acceptors (Lipinski definition) is 7. The molecule has 176 valence electrons. The van der Waals surface area contributed by atoms with Crippen LogP contribution in [-0.2, 0) is 32.8 Å². The number of carbonyl (C=O) groups excluding carboxylic acids is 1. The summed E-state index contributed by atoms with van der Waals surface area (Å²) in [7, 11) is -2.28. The third-order valence-electron chi connectivity index (χ3n) is 4.05. The molecule has 2 aromatic rings. The number of methoxy groups -OCH3 is 1. The summed E-state index contributed by atoms with van der Waals surface area (Å²) in [5.74, 6) is -1.35. The molecule has 2 N–H and O–H groups in total. The van der Waals surface area contributed by atoms with Crippen LogP contribution in [0.25, 0.3) is 6.08 Å². The Hall–Kier alpha value is -3.56. The number of rotatable bonds is 11. The molecule has 0 saturated carbocycles. The molecule has 0 bridgehead atoms. The highest BCUT2D eigenvalue weighted by Crippen LogP contribution is 2.23. The number of amides is 1. The minimum atomic E-state index is -3.78. The van der Waals surface area contributed by atoms with Gasteiger partial charge >= 0.3 is 0 Å². The van der Waals surface area contributed by atoms with E-state index >= 15 is 0 Å². The Morgan fingerprint density at radius 2 is 2.06 bits per heavy atom. The Bertz CT molecular complexity index is 1180. The van der Waals surface area contributed by atoms with E-state index in [0.717, 1.165) is 12.3 Å². The van der Waals surface area contributed by atoms with Gasteiger partial charge in [0.2, 0.25) is 21.8 Å². The monoisotopic (exact) mass is 480 g/mol. The zero-order chi connectivity index (χ0) is 24.4. The molecule has 0 saturated heterocycles. The average Bonchev–Trinajstić information content (AvgIpc) is 2.77. The number of nitrogens with one attached hydrogen (secondary N) is 2. The van der Waals surface area contributed by atoms with Crippen molar-refractivity contribution >= 4 is 27.7 Å². The number of alkyl halides is 1. The van der Waals surface area contributed by atoms with Crippen LogP contribution in [0.1, 0.15) is 22.4 Å². The van der Waals surface area contributed by atoms with Crippen molar-refractivity contribution in [2.24, 2.45) is 0 Å². The smallest absolute Gasteiger partial charge is 0.244 e. The summed E-state index contributed by atoms with van der Waals surface area (Å²) < 4.78 is 62.2. The number of pyridine rings is 1. The standard InChI is InChI=1S/C21H22F2N4O5S/c1-31-7-8-32-21-15(3-5-17(11-22)26-21)4-6-19(28)25-13-14-9-16(12-24)20(18(23)10-14)27-33(2,29)30/h3-6,9-10,27H,7-8,11,13H2,1-2H3,(H,25,28)/b6-4+. The summed E-state index contributed by atoms with van der Waals surface area (Å²) in [6.07, 6.45) is 3.45. The lowest BCUT2D eigenvalue weighted by atomic mass is 10.1. The highest BCUT2D eigenvalue weighted by atomic mass is 32.2. The van der Waals surface area contributed by atoms with Gasteiger partial charge in [0.25, 0.3) is 0 Å². The number of benzene rings is 1. The molecule has 0 aliphatic carbocycles. The first kappa shape index (κ1) is 25.7. The van der Waals surface area contributed by atoms with Crippen molar-refractivity contribution in [3.63, 3.8) is 0 Å². The average molecular weight is 480 g/mol. The first-order valence-electron chi connectivity index (χ1n) is 9.50. The van der Waals surface area contributed by atoms with Gasteiger partial charge in [0.15, 0.2) is 0 Å². The van der Waals surface area contributed by atoms with Gasteiger partial charge in [-0.05, 0) is 35.9 Å². The molecule has 0 atom stereocenters. The predicted octanol–water partition coefficient (Wildman–Crippen LogP) is 2.29. The minimum Gasteiger partial charge on any atom is -0.475 e. The number of aromatic nitrogens is 1. The number of carbonyl (C=O) groups is 1. The highest BCUT2D eigenvalue weighted by Gasteiger charge is 2.15. The normalized spacial score (nSPS) is 11.2. The number of sulfonamides is 1. The Labute approximate surface area is 190 Å². The van der Waals surface area contributed by atoms with Crippen LogP contribution in [0.5, 0.6) is 5.88 Å². The molecule has 1 aromatic carbocycles. The molecule has 33 heavy (non-hydrogen) atoms. The second kappa shape index (κ2) is 11.9. The molecule has 0 aliphatic heterocycles. The van der Waals surface area contributed by atoms with E-state index < -0.39 is 34.1 Å². The van der Waals surface area contributed by atoms with Crippen LogP contribution in [0.3, 0.4) is 0 Å². The Balaban J connectivity index is 2.10. The molecule has 2 rings (SSSR count). The van der Waals surface area contributed by atoms with Crippen LogP contribution in [0, 0.1) is 17.1 Å². The van der Waals surface area contributed by atoms with Crippen LogP contribution < -0.4 is 14.8 Å². The van der Waals surface area contributed by atoms with Crippen molar-refractivity contribution in [2.45, 2.75) is 13.2 Å². The fourth-order valence-corrected chi connectivity index (χ4v) is 3.16. The van der Waals surface area contributed by atoms with Crippen molar-refractivity contribution in [2.75, 3.05) is 31.3 Å². The van der Waals surface area contributed by atoms with E-state index in [4.69, 9.17) is 9.47 Å². The maximum atomic E-state index is 14.3. The molecule has 0 aliphatic rings. The van der Waals surface area contributed by atoms with Crippen molar-refractivity contribution in [3.8, 4) is 11.9 Å². The van der Waals surface area contributed by atoms with Gasteiger partial charge < -0.3 is 14.8 Å². The second-order valence-corrected chi connectivity index (χ2v) is 8.46. The lowest BCUT2D eigenvalue weighted by molar-refractivity contribution is -0.116. The Kier molecular flexibility index (Phi) is 9.26. The third-order valence-corrected chi connectivity index (χ3v) is 4.62. The van der Waals surface area contributed by atoms with E-state index in [1.807, 2.05) is 4.72 Å². The van der Waals surface area contributed by atoms with Crippen LogP contribution in [0.2, 0.25) is 0 Å². The van der Waals surface area contributed by atoms with E-state index in [-0.39, 0.29) is 35.9 Å². The summed E-state index contributed by atoms with van der Waals surface area (Å²) in [5, 5.41) is 11.7. The Morgan fingerprint density at radius 1 is 1.30 bits per heavy atom. The van der Waals surface area contributed by atoms with E-state index in [9.17, 15) is 27.3 Å². The lowest BCUT2D eigenvalue weighted by Crippen LogP contribution is -2.20. The lowest BCUT2D eigenvalue weighted by Gasteiger charge is -2.10. The number of anilines is 1. The number of halogens is 2. The summed E-state index contributed by atoms with van der Waals surface area (Å²) in [6, 6.07) is 7.01. The van der Waals surface area contributed by atoms with Gasteiger partial charge in [-0.15, -0.1) is 0 Å². The maximum Gasteiger partial charge on any atom is 0.244 e. The summed E-state index contributed by atoms with van der Waals surface area (Å²) in [4.78, 5) is 16.2. The number of ether oxygens (including phenoxy) is 2. The van der Waals surface area contributed by atoms with Gasteiger partial charge in [-0.1, -0.05) is 0 Å². The molecule has 9 nitrogen and oxygen atoms in total. The van der Waals surface area contributed by atoms with E-state index in [1.165, 1.54) is 31.4 Å². The highest BCUT2D eigenvalue weighted by molar-refractivity contribution is 7.92. The van der Waals surface area contributed by atoms with Gasteiger partial charge in [-0.2, -0.15) is 5.26 Å². The number of nitriles is 1. The minimum absolute atomic E-state index is 0.121. The quantitative estimate of drug-likeness (QED) is 0.373. The predicted molar refractivity (Wildman–Crippen MR) is 117 cm³/mol. The topological polar surface area (TPSA) is 130 Å². The molecule has 1 amide bonds. The van der Waals surface area contributed by atoms with Crippen LogP contribution in [0.15, 0.2) is 30.3 Å². The van der Waals surface area contributed by atoms with Gasteiger partial charge in [-0.3, -0.25) is 9.52 Å². The Morgan fingerprint density at radius 3 is 2.70 bits per heavy atom. The fourth-order valence-electron chi connectivity index (χ4n) is 2.58. The largest absolute Gasteiger partial charge is 0.475 e. The zero-order valence-electron chi connectivity index (χ0n) is 17.9. The van der Waals surface area contributed by atoms with Crippen molar-refractivity contribution < 1.29 is 31.5 Å². The summed E-state index contributed by atoms with van der Waals surface area (Å²) in [6.45, 7) is -0.414. The van der Waals surface area contributed by atoms with Crippen molar-refractivity contribution in [3.05, 3.63) is 58.5 Å². The van der Waals surface area contributed by atoms with Crippen LogP contribution in [0.4, 0.5) is 14.5 Å². The van der Waals surface area contributed by atoms with E-state index in [1.54, 1.807) is 12.1 Å². The molecule has 1 aromatic heterocycles. The maximum absolute atomic E-state index is 14.3. The molecular weight excluding hydrogens is 458 g/mol. The summed E-state index contributed by atoms with van der Waals surface area (Å²) >= 11 is 0. The van der Waals surface area contributed by atoms with Crippen molar-refractivity contribution in [1.82, 2.24) is 10.3 Å². The molecule has 0 unspecified atom stereocenters.